The van der Waals surface area contributed by atoms with Gasteiger partial charge in [0.1, 0.15) is 5.82 Å². The molecule has 1 unspecified atom stereocenters. The van der Waals surface area contributed by atoms with E-state index in [1.54, 1.807) is 6.07 Å². The number of alkyl halides is 3. The summed E-state index contributed by atoms with van der Waals surface area (Å²) < 4.78 is 51.8. The maximum Gasteiger partial charge on any atom is 0.416 e. The Hall–Kier alpha value is -2.70. The number of aliphatic hydroxyl groups excluding tert-OH is 1. The van der Waals surface area contributed by atoms with E-state index in [1.165, 1.54) is 18.3 Å². The fourth-order valence-corrected chi connectivity index (χ4v) is 2.81. The van der Waals surface area contributed by atoms with E-state index in [0.29, 0.717) is 18.1 Å². The topological polar surface area (TPSA) is 50.2 Å². The summed E-state index contributed by atoms with van der Waals surface area (Å²) in [5.74, 6) is -1.43. The van der Waals surface area contributed by atoms with Gasteiger partial charge in [0.2, 0.25) is 0 Å². The summed E-state index contributed by atoms with van der Waals surface area (Å²) in [5, 5.41) is 9.55. The summed E-state index contributed by atoms with van der Waals surface area (Å²) in [6.45, 7) is 0. The molecule has 1 atom stereocenters. The smallest absolute Gasteiger partial charge is 0.416 e. The van der Waals surface area contributed by atoms with Crippen LogP contribution in [0.15, 0.2) is 48.4 Å². The van der Waals surface area contributed by atoms with Gasteiger partial charge in [0.25, 0.3) is 0 Å². The van der Waals surface area contributed by atoms with Crippen LogP contribution >= 0.6 is 0 Å². The lowest BCUT2D eigenvalue weighted by Gasteiger charge is -2.19. The first-order valence-corrected chi connectivity index (χ1v) is 7.49. The molecule has 0 amide bonds. The van der Waals surface area contributed by atoms with Crippen molar-refractivity contribution in [2.75, 3.05) is 0 Å². The van der Waals surface area contributed by atoms with Gasteiger partial charge in [-0.2, -0.15) is 13.2 Å². The molecule has 2 aromatic rings. The van der Waals surface area contributed by atoms with Crippen LogP contribution in [0.4, 0.5) is 17.6 Å². The van der Waals surface area contributed by atoms with Gasteiger partial charge in [0.05, 0.1) is 17.0 Å². The van der Waals surface area contributed by atoms with Gasteiger partial charge in [-0.15, -0.1) is 0 Å². The molecule has 3 nitrogen and oxygen atoms in total. The second-order valence-corrected chi connectivity index (χ2v) is 5.88. The predicted octanol–water partition coefficient (Wildman–Crippen LogP) is 4.79. The molecule has 0 bridgehead atoms. The number of pyridine rings is 1. The molecule has 7 heteroatoms. The zero-order valence-corrected chi connectivity index (χ0v) is 12.8. The molecule has 3 rings (SSSR count). The van der Waals surface area contributed by atoms with Crippen LogP contribution in [0.1, 0.15) is 29.9 Å². The number of rotatable bonds is 2. The van der Waals surface area contributed by atoms with Gasteiger partial charge in [-0.05, 0) is 35.7 Å². The summed E-state index contributed by atoms with van der Waals surface area (Å²) in [5.41, 5.74) is -0.212. The van der Waals surface area contributed by atoms with Crippen LogP contribution in [0.5, 0.6) is 0 Å². The molecule has 0 aliphatic heterocycles. The Morgan fingerprint density at radius 1 is 1.12 bits per heavy atom. The Morgan fingerprint density at radius 3 is 2.44 bits per heavy atom. The Balaban J connectivity index is 1.86. The van der Waals surface area contributed by atoms with Crippen LogP contribution in [0.2, 0.25) is 0 Å². The molecular weight excluding hydrogens is 338 g/mol. The quantitative estimate of drug-likeness (QED) is 0.791. The highest BCUT2D eigenvalue weighted by molar-refractivity contribution is 5.91. The molecule has 1 heterocycles. The van der Waals surface area contributed by atoms with E-state index < -0.39 is 17.6 Å². The van der Waals surface area contributed by atoms with Gasteiger partial charge in [-0.25, -0.2) is 4.39 Å². The Morgan fingerprint density at radius 2 is 1.88 bits per heavy atom. The van der Waals surface area contributed by atoms with Crippen molar-refractivity contribution in [1.29, 1.82) is 0 Å². The fourth-order valence-electron chi connectivity index (χ4n) is 2.81. The van der Waals surface area contributed by atoms with Crippen LogP contribution in [-0.4, -0.2) is 15.9 Å². The summed E-state index contributed by atoms with van der Waals surface area (Å²) >= 11 is 0. The Bertz CT molecular complexity index is 841. The van der Waals surface area contributed by atoms with Crippen LogP contribution in [0.25, 0.3) is 11.3 Å². The third-order valence-electron chi connectivity index (χ3n) is 4.06. The first kappa shape index (κ1) is 17.1. The molecular formula is C18H13F4NO2. The van der Waals surface area contributed by atoms with E-state index in [2.05, 4.69) is 4.98 Å². The van der Waals surface area contributed by atoms with Crippen molar-refractivity contribution in [2.45, 2.75) is 24.9 Å². The number of halogens is 4. The summed E-state index contributed by atoms with van der Waals surface area (Å²) in [4.78, 5) is 15.6. The molecule has 0 spiro atoms. The van der Waals surface area contributed by atoms with E-state index in [4.69, 9.17) is 0 Å². The third kappa shape index (κ3) is 3.70. The second-order valence-electron chi connectivity index (χ2n) is 5.88. The number of hydrogen-bond acceptors (Lipinski definition) is 3. The maximum absolute atomic E-state index is 14.0. The maximum atomic E-state index is 14.0. The first-order chi connectivity index (χ1) is 11.7. The zero-order valence-electron chi connectivity index (χ0n) is 12.8. The van der Waals surface area contributed by atoms with Gasteiger partial charge >= 0.3 is 6.18 Å². The van der Waals surface area contributed by atoms with E-state index in [0.717, 1.165) is 12.1 Å². The normalized spacial score (nSPS) is 18.2. The number of allylic oxidation sites excluding steroid dienone is 2. The van der Waals surface area contributed by atoms with Gasteiger partial charge < -0.3 is 5.11 Å². The molecule has 1 N–H and O–H groups in total. The summed E-state index contributed by atoms with van der Waals surface area (Å²) in [7, 11) is 0. The van der Waals surface area contributed by atoms with Crippen molar-refractivity contribution in [2.24, 2.45) is 0 Å². The van der Waals surface area contributed by atoms with Crippen molar-refractivity contribution < 1.29 is 27.5 Å². The Kier molecular flexibility index (Phi) is 4.32. The van der Waals surface area contributed by atoms with Gasteiger partial charge in [0, 0.05) is 30.7 Å². The minimum absolute atomic E-state index is 0.000824. The van der Waals surface area contributed by atoms with Crippen molar-refractivity contribution in [3.63, 3.8) is 0 Å². The number of nitrogens with zero attached hydrogens (tertiary/aromatic N) is 1. The largest absolute Gasteiger partial charge is 0.512 e. The number of benzene rings is 1. The zero-order chi connectivity index (χ0) is 18.2. The number of aliphatic hydroxyl groups is 1. The third-order valence-corrected chi connectivity index (χ3v) is 4.06. The highest BCUT2D eigenvalue weighted by atomic mass is 19.4. The molecule has 130 valence electrons. The number of hydrogen-bond donors (Lipinski definition) is 1. The van der Waals surface area contributed by atoms with Gasteiger partial charge in [0.15, 0.2) is 5.78 Å². The minimum Gasteiger partial charge on any atom is -0.512 e. The lowest BCUT2D eigenvalue weighted by atomic mass is 9.87. The lowest BCUT2D eigenvalue weighted by Crippen LogP contribution is -2.12. The average molecular weight is 351 g/mol. The summed E-state index contributed by atoms with van der Waals surface area (Å²) in [6.07, 6.45) is -1.43. The monoisotopic (exact) mass is 351 g/mol. The molecule has 1 aromatic heterocycles. The predicted molar refractivity (Wildman–Crippen MR) is 82.3 cm³/mol. The van der Waals surface area contributed by atoms with E-state index in [9.17, 15) is 27.5 Å². The molecule has 1 aromatic carbocycles. The molecule has 0 saturated carbocycles. The highest BCUT2D eigenvalue weighted by Gasteiger charge is 2.31. The second kappa shape index (κ2) is 6.31. The Labute approximate surface area is 140 Å². The number of carbonyl (C=O) groups is 1. The van der Waals surface area contributed by atoms with Gasteiger partial charge in [-0.3, -0.25) is 9.78 Å². The van der Waals surface area contributed by atoms with E-state index in [1.807, 2.05) is 0 Å². The van der Waals surface area contributed by atoms with Crippen molar-refractivity contribution in [3.8, 4) is 11.3 Å². The molecule has 1 aliphatic rings. The van der Waals surface area contributed by atoms with Crippen LogP contribution in [0.3, 0.4) is 0 Å². The van der Waals surface area contributed by atoms with Crippen LogP contribution in [-0.2, 0) is 11.0 Å². The van der Waals surface area contributed by atoms with Crippen LogP contribution in [0, 0.1) is 5.82 Å². The average Bonchev–Trinajstić information content (AvgIpc) is 2.53. The molecule has 0 fully saturated rings. The van der Waals surface area contributed by atoms with Crippen molar-refractivity contribution >= 4 is 5.78 Å². The number of carbonyl (C=O) groups excluding carboxylic acids is 1. The summed E-state index contributed by atoms with van der Waals surface area (Å²) in [6, 6.07) is 5.40. The first-order valence-electron chi connectivity index (χ1n) is 7.49. The van der Waals surface area contributed by atoms with Crippen molar-refractivity contribution in [1.82, 2.24) is 4.98 Å². The molecule has 1 aliphatic carbocycles. The highest BCUT2D eigenvalue weighted by Crippen LogP contribution is 2.34. The lowest BCUT2D eigenvalue weighted by molar-refractivity contribution is -0.137. The standard InChI is InChI=1S/C18H13F4NO2/c19-16-7-12(18(20,21)22)2-3-15(16)17-4-1-10(9-23-17)11-5-13(24)8-14(25)6-11/h1-4,7-9,11,24H,5-6H2. The van der Waals surface area contributed by atoms with Crippen molar-refractivity contribution in [3.05, 3.63) is 65.3 Å². The van der Waals surface area contributed by atoms with E-state index in [-0.39, 0.29) is 35.1 Å². The molecule has 0 radical (unpaired) electrons. The minimum atomic E-state index is -4.61. The molecule has 0 saturated heterocycles. The van der Waals surface area contributed by atoms with Gasteiger partial charge in [-0.1, -0.05) is 6.07 Å². The number of ketones is 1. The fraction of sp³-hybridized carbons (Fsp3) is 0.222. The SMILES string of the molecule is O=C1C=C(O)CC(c2ccc(-c3ccc(C(F)(F)F)cc3F)nc2)C1. The molecule has 25 heavy (non-hydrogen) atoms. The number of aromatic nitrogens is 1. The van der Waals surface area contributed by atoms with Crippen LogP contribution < -0.4 is 0 Å². The van der Waals surface area contributed by atoms with E-state index >= 15 is 0 Å².